The fraction of sp³-hybridized carbons (Fsp3) is 0.917. The fourth-order valence-corrected chi connectivity index (χ4v) is 2.50. The largest absolute Gasteiger partial charge is 0.321 e. The van der Waals surface area contributed by atoms with Crippen LogP contribution in [-0.2, 0) is 4.79 Å². The van der Waals surface area contributed by atoms with Crippen LogP contribution in [0.15, 0.2) is 0 Å². The molecule has 0 aromatic rings. The van der Waals surface area contributed by atoms with Crippen molar-refractivity contribution >= 4 is 5.78 Å². The first-order chi connectivity index (χ1) is 6.61. The van der Waals surface area contributed by atoms with Gasteiger partial charge in [0.2, 0.25) is 0 Å². The number of Topliss-reactive ketones (excluding diaryl/α,β-unsaturated/α-hetero) is 1. The van der Waals surface area contributed by atoms with Crippen molar-refractivity contribution in [2.75, 3.05) is 0 Å². The van der Waals surface area contributed by atoms with Gasteiger partial charge in [-0.1, -0.05) is 39.0 Å². The highest BCUT2D eigenvalue weighted by atomic mass is 16.1. The fourth-order valence-electron chi connectivity index (χ4n) is 2.50. The molecule has 2 heteroatoms. The van der Waals surface area contributed by atoms with Gasteiger partial charge in [-0.25, -0.2) is 0 Å². The number of rotatable bonds is 4. The summed E-state index contributed by atoms with van der Waals surface area (Å²) in [6.45, 7) is 3.71. The summed E-state index contributed by atoms with van der Waals surface area (Å²) in [5, 5.41) is 0. The van der Waals surface area contributed by atoms with E-state index < -0.39 is 0 Å². The molecule has 1 aliphatic rings. The maximum Gasteiger partial charge on any atom is 0.146 e. The van der Waals surface area contributed by atoms with E-state index in [1.807, 2.05) is 0 Å². The van der Waals surface area contributed by atoms with Crippen molar-refractivity contribution < 1.29 is 4.79 Å². The molecular weight excluding hydrogens is 174 g/mol. The lowest BCUT2D eigenvalue weighted by atomic mass is 9.81. The number of carbonyl (C=O) groups is 1. The molecule has 2 nitrogen and oxygen atoms in total. The molecular formula is C12H23NO. The number of carbonyl (C=O) groups excluding carboxylic acids is 1. The number of hydrogen-bond acceptors (Lipinski definition) is 2. The van der Waals surface area contributed by atoms with Crippen molar-refractivity contribution in [1.29, 1.82) is 0 Å². The minimum absolute atomic E-state index is 0.133. The minimum atomic E-state index is -0.239. The third-order valence-corrected chi connectivity index (χ3v) is 3.51. The van der Waals surface area contributed by atoms with Gasteiger partial charge in [0, 0.05) is 0 Å². The Hall–Kier alpha value is -0.370. The molecule has 0 radical (unpaired) electrons. The molecule has 0 spiro atoms. The maximum atomic E-state index is 11.1. The zero-order valence-corrected chi connectivity index (χ0v) is 9.46. The molecule has 1 saturated carbocycles. The van der Waals surface area contributed by atoms with Gasteiger partial charge < -0.3 is 5.73 Å². The summed E-state index contributed by atoms with van der Waals surface area (Å²) in [7, 11) is 0. The smallest absolute Gasteiger partial charge is 0.146 e. The Morgan fingerprint density at radius 2 is 1.93 bits per heavy atom. The average molecular weight is 197 g/mol. The number of nitrogens with two attached hydrogens (primary N) is 1. The first kappa shape index (κ1) is 11.7. The average Bonchev–Trinajstić information content (AvgIpc) is 2.18. The molecule has 0 amide bonds. The molecule has 82 valence electrons. The van der Waals surface area contributed by atoms with Gasteiger partial charge in [-0.2, -0.15) is 0 Å². The van der Waals surface area contributed by atoms with Crippen LogP contribution in [0.3, 0.4) is 0 Å². The van der Waals surface area contributed by atoms with Crippen LogP contribution in [-0.4, -0.2) is 11.8 Å². The summed E-state index contributed by atoms with van der Waals surface area (Å²) in [5.41, 5.74) is 5.83. The SMILES string of the molecule is CC(=O)[C@H](N)[C@@H](C)CC1CCCCC1. The van der Waals surface area contributed by atoms with Gasteiger partial charge in [0.05, 0.1) is 6.04 Å². The predicted octanol–water partition coefficient (Wildman–Crippen LogP) is 2.51. The van der Waals surface area contributed by atoms with E-state index in [0.717, 1.165) is 12.3 Å². The van der Waals surface area contributed by atoms with E-state index in [9.17, 15) is 4.79 Å². The first-order valence-electron chi connectivity index (χ1n) is 5.87. The van der Waals surface area contributed by atoms with Crippen molar-refractivity contribution in [3.05, 3.63) is 0 Å². The van der Waals surface area contributed by atoms with Gasteiger partial charge in [-0.15, -0.1) is 0 Å². The van der Waals surface area contributed by atoms with E-state index in [-0.39, 0.29) is 11.8 Å². The zero-order chi connectivity index (χ0) is 10.6. The third-order valence-electron chi connectivity index (χ3n) is 3.51. The standard InChI is InChI=1S/C12H23NO/c1-9(12(13)10(2)14)8-11-6-4-3-5-7-11/h9,11-12H,3-8,13H2,1-2H3/t9-,12+/m0/s1. The van der Waals surface area contributed by atoms with Gasteiger partial charge >= 0.3 is 0 Å². The number of ketones is 1. The summed E-state index contributed by atoms with van der Waals surface area (Å²) < 4.78 is 0. The molecule has 0 bridgehead atoms. The van der Waals surface area contributed by atoms with Crippen LogP contribution in [0.25, 0.3) is 0 Å². The highest BCUT2D eigenvalue weighted by Gasteiger charge is 2.22. The van der Waals surface area contributed by atoms with E-state index in [0.29, 0.717) is 5.92 Å². The summed E-state index contributed by atoms with van der Waals surface area (Å²) in [4.78, 5) is 11.1. The molecule has 2 atom stereocenters. The molecule has 1 aliphatic carbocycles. The Morgan fingerprint density at radius 1 is 1.36 bits per heavy atom. The Kier molecular flexibility index (Phi) is 4.59. The Morgan fingerprint density at radius 3 is 2.43 bits per heavy atom. The molecule has 2 N–H and O–H groups in total. The van der Waals surface area contributed by atoms with Crippen LogP contribution >= 0.6 is 0 Å². The van der Waals surface area contributed by atoms with Gasteiger partial charge in [-0.05, 0) is 25.2 Å². The Bertz CT molecular complexity index is 185. The summed E-state index contributed by atoms with van der Waals surface area (Å²) in [6, 6.07) is -0.239. The molecule has 14 heavy (non-hydrogen) atoms. The van der Waals surface area contributed by atoms with E-state index in [1.165, 1.54) is 32.1 Å². The highest BCUT2D eigenvalue weighted by molar-refractivity contribution is 5.81. The van der Waals surface area contributed by atoms with Crippen LogP contribution in [0.2, 0.25) is 0 Å². The normalized spacial score (nSPS) is 23.1. The van der Waals surface area contributed by atoms with E-state index in [2.05, 4.69) is 6.92 Å². The van der Waals surface area contributed by atoms with Gasteiger partial charge in [0.25, 0.3) is 0 Å². The third kappa shape index (κ3) is 3.41. The second-order valence-electron chi connectivity index (χ2n) is 4.85. The van der Waals surface area contributed by atoms with Crippen LogP contribution in [0, 0.1) is 11.8 Å². The van der Waals surface area contributed by atoms with Crippen LogP contribution in [0.1, 0.15) is 52.4 Å². The molecule has 1 rings (SSSR count). The minimum Gasteiger partial charge on any atom is -0.321 e. The summed E-state index contributed by atoms with van der Waals surface area (Å²) in [5.74, 6) is 1.31. The lowest BCUT2D eigenvalue weighted by Crippen LogP contribution is -2.36. The maximum absolute atomic E-state index is 11.1. The van der Waals surface area contributed by atoms with Crippen molar-refractivity contribution in [1.82, 2.24) is 0 Å². The molecule has 0 aliphatic heterocycles. The van der Waals surface area contributed by atoms with Crippen molar-refractivity contribution in [2.45, 2.75) is 58.4 Å². The molecule has 1 fully saturated rings. The lowest BCUT2D eigenvalue weighted by molar-refractivity contribution is -0.119. The van der Waals surface area contributed by atoms with Gasteiger partial charge in [0.1, 0.15) is 5.78 Å². The lowest BCUT2D eigenvalue weighted by Gasteiger charge is -2.26. The van der Waals surface area contributed by atoms with Crippen molar-refractivity contribution in [2.24, 2.45) is 17.6 Å². The van der Waals surface area contributed by atoms with Crippen LogP contribution < -0.4 is 5.73 Å². The van der Waals surface area contributed by atoms with E-state index >= 15 is 0 Å². The molecule has 0 saturated heterocycles. The van der Waals surface area contributed by atoms with E-state index in [4.69, 9.17) is 5.73 Å². The van der Waals surface area contributed by atoms with Crippen LogP contribution in [0.5, 0.6) is 0 Å². The van der Waals surface area contributed by atoms with Crippen molar-refractivity contribution in [3.8, 4) is 0 Å². The topological polar surface area (TPSA) is 43.1 Å². The predicted molar refractivity (Wildman–Crippen MR) is 59.0 cm³/mol. The van der Waals surface area contributed by atoms with Gasteiger partial charge in [0.15, 0.2) is 0 Å². The second-order valence-corrected chi connectivity index (χ2v) is 4.85. The molecule has 0 unspecified atom stereocenters. The van der Waals surface area contributed by atoms with E-state index in [1.54, 1.807) is 6.92 Å². The molecule has 0 heterocycles. The quantitative estimate of drug-likeness (QED) is 0.752. The molecule has 0 aromatic heterocycles. The molecule has 0 aromatic carbocycles. The Balaban J connectivity index is 2.31. The first-order valence-corrected chi connectivity index (χ1v) is 5.87. The highest BCUT2D eigenvalue weighted by Crippen LogP contribution is 2.29. The monoisotopic (exact) mass is 197 g/mol. The van der Waals surface area contributed by atoms with Crippen molar-refractivity contribution in [3.63, 3.8) is 0 Å². The summed E-state index contributed by atoms with van der Waals surface area (Å²) in [6.07, 6.45) is 7.95. The second kappa shape index (κ2) is 5.50. The number of hydrogen-bond donors (Lipinski definition) is 1. The summed E-state index contributed by atoms with van der Waals surface area (Å²) >= 11 is 0. The van der Waals surface area contributed by atoms with Crippen LogP contribution in [0.4, 0.5) is 0 Å². The Labute approximate surface area is 87.2 Å². The zero-order valence-electron chi connectivity index (χ0n) is 9.46. The van der Waals surface area contributed by atoms with Gasteiger partial charge in [-0.3, -0.25) is 4.79 Å².